The van der Waals surface area contributed by atoms with Gasteiger partial charge in [0.15, 0.2) is 0 Å². The summed E-state index contributed by atoms with van der Waals surface area (Å²) in [6.07, 6.45) is 0.727. The van der Waals surface area contributed by atoms with Crippen LogP contribution in [0.1, 0.15) is 37.4 Å². The van der Waals surface area contributed by atoms with E-state index in [1.165, 1.54) is 0 Å². The van der Waals surface area contributed by atoms with Crippen LogP contribution in [0.4, 0.5) is 0 Å². The molecule has 0 aliphatic carbocycles. The van der Waals surface area contributed by atoms with Crippen LogP contribution < -0.4 is 4.72 Å². The van der Waals surface area contributed by atoms with E-state index in [0.29, 0.717) is 21.5 Å². The molecule has 0 saturated heterocycles. The normalized spacial score (nSPS) is 13.2. The zero-order valence-electron chi connectivity index (χ0n) is 13.7. The van der Waals surface area contributed by atoms with Crippen molar-refractivity contribution in [3.63, 3.8) is 0 Å². The lowest BCUT2D eigenvalue weighted by Gasteiger charge is -2.21. The Morgan fingerprint density at radius 3 is 2.25 bits per heavy atom. The molecular formula is C18H21Cl2NO2S. The van der Waals surface area contributed by atoms with Crippen LogP contribution in [0.5, 0.6) is 0 Å². The summed E-state index contributed by atoms with van der Waals surface area (Å²) < 4.78 is 28.0. The lowest BCUT2D eigenvalue weighted by Crippen LogP contribution is -2.30. The fourth-order valence-corrected chi connectivity index (χ4v) is 4.20. The van der Waals surface area contributed by atoms with Crippen LogP contribution in [0.15, 0.2) is 48.5 Å². The molecule has 1 atom stereocenters. The van der Waals surface area contributed by atoms with Gasteiger partial charge in [0.25, 0.3) is 0 Å². The number of sulfonamides is 1. The van der Waals surface area contributed by atoms with Crippen molar-refractivity contribution in [1.82, 2.24) is 4.72 Å². The molecule has 0 unspecified atom stereocenters. The Balaban J connectivity index is 2.18. The molecule has 0 heterocycles. The fourth-order valence-electron chi connectivity index (χ4n) is 2.52. The van der Waals surface area contributed by atoms with Crippen LogP contribution in [0.3, 0.4) is 0 Å². The topological polar surface area (TPSA) is 46.2 Å². The third-order valence-electron chi connectivity index (χ3n) is 3.57. The minimum Gasteiger partial charge on any atom is -0.212 e. The van der Waals surface area contributed by atoms with Crippen LogP contribution >= 0.6 is 23.2 Å². The maximum absolute atomic E-state index is 12.6. The van der Waals surface area contributed by atoms with Crippen LogP contribution in [-0.4, -0.2) is 8.42 Å². The summed E-state index contributed by atoms with van der Waals surface area (Å²) in [6, 6.07) is 14.2. The molecule has 3 nitrogen and oxygen atoms in total. The molecule has 24 heavy (non-hydrogen) atoms. The van der Waals surface area contributed by atoms with Crippen LogP contribution in [0.2, 0.25) is 10.0 Å². The summed E-state index contributed by atoms with van der Waals surface area (Å²) in [4.78, 5) is 0. The summed E-state index contributed by atoms with van der Waals surface area (Å²) in [7, 11) is -3.51. The molecule has 1 N–H and O–H groups in total. The third-order valence-corrected chi connectivity index (χ3v) is 5.67. The number of nitrogens with one attached hydrogen (secondary N) is 1. The van der Waals surface area contributed by atoms with Gasteiger partial charge in [-0.15, -0.1) is 0 Å². The van der Waals surface area contributed by atoms with Crippen molar-refractivity contribution in [2.45, 2.75) is 32.1 Å². The number of rotatable bonds is 7. The van der Waals surface area contributed by atoms with E-state index in [1.54, 1.807) is 18.2 Å². The summed E-state index contributed by atoms with van der Waals surface area (Å²) in [5.41, 5.74) is 1.57. The first-order valence-electron chi connectivity index (χ1n) is 7.75. The Bertz CT molecular complexity index is 777. The molecule has 0 fully saturated rings. The highest BCUT2D eigenvalue weighted by atomic mass is 35.5. The minimum atomic E-state index is -3.51. The van der Waals surface area contributed by atoms with Crippen molar-refractivity contribution < 1.29 is 8.42 Å². The van der Waals surface area contributed by atoms with Gasteiger partial charge in [0.2, 0.25) is 10.0 Å². The zero-order valence-corrected chi connectivity index (χ0v) is 16.0. The molecule has 0 amide bonds. The van der Waals surface area contributed by atoms with E-state index in [4.69, 9.17) is 23.2 Å². The molecule has 0 aromatic heterocycles. The van der Waals surface area contributed by atoms with Gasteiger partial charge in [-0.25, -0.2) is 13.1 Å². The van der Waals surface area contributed by atoms with Crippen LogP contribution in [0.25, 0.3) is 0 Å². The van der Waals surface area contributed by atoms with Crippen LogP contribution in [0, 0.1) is 5.92 Å². The van der Waals surface area contributed by atoms with Gasteiger partial charge in [-0.3, -0.25) is 0 Å². The van der Waals surface area contributed by atoms with E-state index in [-0.39, 0.29) is 11.8 Å². The van der Waals surface area contributed by atoms with Crippen molar-refractivity contribution in [2.24, 2.45) is 5.92 Å². The Labute approximate surface area is 154 Å². The van der Waals surface area contributed by atoms with Crippen molar-refractivity contribution >= 4 is 33.2 Å². The standard InChI is InChI=1S/C18H21Cl2NO2S/c1-13(2)10-18(15-6-4-3-5-7-15)21-24(22,23)12-14-8-9-16(19)17(20)11-14/h3-9,11,13,18,21H,10,12H2,1-2H3/t18-/m1/s1. The third kappa shape index (κ3) is 5.78. The van der Waals surface area contributed by atoms with Gasteiger partial charge in [0, 0.05) is 6.04 Å². The molecule has 0 radical (unpaired) electrons. The lowest BCUT2D eigenvalue weighted by molar-refractivity contribution is 0.472. The van der Waals surface area contributed by atoms with Gasteiger partial charge >= 0.3 is 0 Å². The number of hydrogen-bond donors (Lipinski definition) is 1. The minimum absolute atomic E-state index is 0.134. The maximum atomic E-state index is 12.6. The molecule has 6 heteroatoms. The van der Waals surface area contributed by atoms with E-state index in [1.807, 2.05) is 30.3 Å². The van der Waals surface area contributed by atoms with E-state index < -0.39 is 10.0 Å². The Kier molecular flexibility index (Phi) is 6.70. The fraction of sp³-hybridized carbons (Fsp3) is 0.333. The number of hydrogen-bond acceptors (Lipinski definition) is 2. The maximum Gasteiger partial charge on any atom is 0.216 e. The number of halogens is 2. The highest BCUT2D eigenvalue weighted by Gasteiger charge is 2.21. The van der Waals surface area contributed by atoms with Gasteiger partial charge < -0.3 is 0 Å². The average Bonchev–Trinajstić information content (AvgIpc) is 2.50. The Hall–Kier alpha value is -1.07. The highest BCUT2D eigenvalue weighted by molar-refractivity contribution is 7.88. The van der Waals surface area contributed by atoms with Gasteiger partial charge in [-0.1, -0.05) is 73.4 Å². The smallest absolute Gasteiger partial charge is 0.212 e. The summed E-state index contributed by atoms with van der Waals surface area (Å²) >= 11 is 11.8. The van der Waals surface area contributed by atoms with E-state index in [2.05, 4.69) is 18.6 Å². The number of benzene rings is 2. The second-order valence-electron chi connectivity index (χ2n) is 6.22. The summed E-state index contributed by atoms with van der Waals surface area (Å²) in [5, 5.41) is 0.763. The first-order chi connectivity index (χ1) is 11.3. The second kappa shape index (κ2) is 8.34. The molecule has 2 rings (SSSR count). The van der Waals surface area contributed by atoms with Crippen LogP contribution in [-0.2, 0) is 15.8 Å². The lowest BCUT2D eigenvalue weighted by atomic mass is 9.98. The average molecular weight is 386 g/mol. The molecule has 0 aliphatic heterocycles. The SMILES string of the molecule is CC(C)C[C@@H](NS(=O)(=O)Cc1ccc(Cl)c(Cl)c1)c1ccccc1. The molecular weight excluding hydrogens is 365 g/mol. The van der Waals surface area contributed by atoms with Gasteiger partial charge in [-0.05, 0) is 35.6 Å². The Morgan fingerprint density at radius 2 is 1.67 bits per heavy atom. The zero-order chi connectivity index (χ0) is 17.7. The quantitative estimate of drug-likeness (QED) is 0.711. The second-order valence-corrected chi connectivity index (χ2v) is 8.79. The van der Waals surface area contributed by atoms with Crippen molar-refractivity contribution in [3.05, 3.63) is 69.7 Å². The monoisotopic (exact) mass is 385 g/mol. The largest absolute Gasteiger partial charge is 0.216 e. The van der Waals surface area contributed by atoms with Crippen molar-refractivity contribution in [3.8, 4) is 0 Å². The molecule has 2 aromatic carbocycles. The molecule has 2 aromatic rings. The van der Waals surface area contributed by atoms with Gasteiger partial charge in [0.1, 0.15) is 0 Å². The predicted molar refractivity (Wildman–Crippen MR) is 101 cm³/mol. The Morgan fingerprint density at radius 1 is 1.00 bits per heavy atom. The molecule has 0 aliphatic rings. The van der Waals surface area contributed by atoms with E-state index in [9.17, 15) is 8.42 Å². The van der Waals surface area contributed by atoms with Crippen molar-refractivity contribution in [2.75, 3.05) is 0 Å². The molecule has 0 saturated carbocycles. The first kappa shape index (κ1) is 19.3. The summed E-state index contributed by atoms with van der Waals surface area (Å²) in [6.45, 7) is 4.15. The van der Waals surface area contributed by atoms with Gasteiger partial charge in [-0.2, -0.15) is 0 Å². The van der Waals surface area contributed by atoms with E-state index in [0.717, 1.165) is 12.0 Å². The summed E-state index contributed by atoms with van der Waals surface area (Å²) in [5.74, 6) is 0.230. The highest BCUT2D eigenvalue weighted by Crippen LogP contribution is 2.25. The first-order valence-corrected chi connectivity index (χ1v) is 10.2. The molecule has 0 spiro atoms. The predicted octanol–water partition coefficient (Wildman–Crippen LogP) is 5.20. The van der Waals surface area contributed by atoms with E-state index >= 15 is 0 Å². The molecule has 0 bridgehead atoms. The molecule has 130 valence electrons. The van der Waals surface area contributed by atoms with Gasteiger partial charge in [0.05, 0.1) is 15.8 Å². The van der Waals surface area contributed by atoms with Crippen molar-refractivity contribution in [1.29, 1.82) is 0 Å².